The fraction of sp³-hybridized carbons (Fsp3) is 0.278. The lowest BCUT2D eigenvalue weighted by atomic mass is 10.1. The molecule has 1 amide bonds. The predicted molar refractivity (Wildman–Crippen MR) is 80.7 cm³/mol. The molecule has 1 saturated carbocycles. The van der Waals surface area contributed by atoms with Gasteiger partial charge in [0.05, 0.1) is 5.56 Å². The summed E-state index contributed by atoms with van der Waals surface area (Å²) < 4.78 is 50.8. The smallest absolute Gasteiger partial charge is 0.331 e. The molecule has 0 N–H and O–H groups in total. The van der Waals surface area contributed by atoms with Gasteiger partial charge in [0, 0.05) is 18.2 Å². The summed E-state index contributed by atoms with van der Waals surface area (Å²) in [5, 5.41) is 0. The molecule has 1 fully saturated rings. The lowest BCUT2D eigenvalue weighted by Crippen LogP contribution is -2.32. The third-order valence-corrected chi connectivity index (χ3v) is 3.97. The standard InChI is InChI=1S/C18H15F4NO/c19-15-7-1-12(2-8-15)11-23(16-9-10-16)17(24)13-3-5-14(6-4-13)18(20,21)22/h1-8,16H,9-11H2. The van der Waals surface area contributed by atoms with E-state index < -0.39 is 11.7 Å². The molecule has 0 bridgehead atoms. The van der Waals surface area contributed by atoms with E-state index >= 15 is 0 Å². The van der Waals surface area contributed by atoms with Crippen molar-refractivity contribution in [1.82, 2.24) is 4.90 Å². The van der Waals surface area contributed by atoms with E-state index in [9.17, 15) is 22.4 Å². The molecule has 6 heteroatoms. The third-order valence-electron chi connectivity index (χ3n) is 3.97. The van der Waals surface area contributed by atoms with Crippen molar-refractivity contribution in [2.75, 3.05) is 0 Å². The molecular formula is C18H15F4NO. The number of carbonyl (C=O) groups excluding carboxylic acids is 1. The molecule has 0 spiro atoms. The fourth-order valence-corrected chi connectivity index (χ4v) is 2.51. The van der Waals surface area contributed by atoms with Crippen LogP contribution in [0.2, 0.25) is 0 Å². The minimum atomic E-state index is -4.42. The molecule has 0 aromatic heterocycles. The topological polar surface area (TPSA) is 20.3 Å². The minimum absolute atomic E-state index is 0.0878. The number of hydrogen-bond donors (Lipinski definition) is 0. The van der Waals surface area contributed by atoms with Gasteiger partial charge in [-0.15, -0.1) is 0 Å². The summed E-state index contributed by atoms with van der Waals surface area (Å²) in [5.41, 5.74) is 0.219. The van der Waals surface area contributed by atoms with Crippen molar-refractivity contribution in [3.05, 3.63) is 71.0 Å². The van der Waals surface area contributed by atoms with Gasteiger partial charge in [-0.25, -0.2) is 4.39 Å². The second-order valence-corrected chi connectivity index (χ2v) is 5.87. The molecule has 1 aliphatic rings. The molecule has 0 saturated heterocycles. The molecule has 1 aliphatic carbocycles. The molecule has 24 heavy (non-hydrogen) atoms. The van der Waals surface area contributed by atoms with E-state index in [1.807, 2.05) is 0 Å². The highest BCUT2D eigenvalue weighted by Crippen LogP contribution is 2.32. The highest BCUT2D eigenvalue weighted by atomic mass is 19.4. The van der Waals surface area contributed by atoms with Crippen molar-refractivity contribution < 1.29 is 22.4 Å². The number of hydrogen-bond acceptors (Lipinski definition) is 1. The summed E-state index contributed by atoms with van der Waals surface area (Å²) >= 11 is 0. The molecule has 126 valence electrons. The highest BCUT2D eigenvalue weighted by Gasteiger charge is 2.34. The largest absolute Gasteiger partial charge is 0.416 e. The number of benzene rings is 2. The van der Waals surface area contributed by atoms with Crippen molar-refractivity contribution >= 4 is 5.91 Å². The molecule has 0 heterocycles. The molecule has 0 radical (unpaired) electrons. The molecule has 3 rings (SSSR count). The van der Waals surface area contributed by atoms with Crippen LogP contribution in [-0.4, -0.2) is 16.8 Å². The molecule has 0 aliphatic heterocycles. The summed E-state index contributed by atoms with van der Waals surface area (Å²) in [6.45, 7) is 0.310. The summed E-state index contributed by atoms with van der Waals surface area (Å²) in [5.74, 6) is -0.665. The Morgan fingerprint density at radius 2 is 1.58 bits per heavy atom. The Hall–Kier alpha value is -2.37. The fourth-order valence-electron chi connectivity index (χ4n) is 2.51. The lowest BCUT2D eigenvalue weighted by molar-refractivity contribution is -0.137. The van der Waals surface area contributed by atoms with Crippen molar-refractivity contribution in [2.45, 2.75) is 31.6 Å². The Labute approximate surface area is 136 Å². The van der Waals surface area contributed by atoms with Crippen molar-refractivity contribution in [2.24, 2.45) is 0 Å². The van der Waals surface area contributed by atoms with Gasteiger partial charge in [-0.2, -0.15) is 13.2 Å². The average molecular weight is 337 g/mol. The van der Waals surface area contributed by atoms with Crippen molar-refractivity contribution in [1.29, 1.82) is 0 Å². The Balaban J connectivity index is 1.78. The Bertz CT molecular complexity index is 718. The zero-order chi connectivity index (χ0) is 17.3. The van der Waals surface area contributed by atoms with Gasteiger partial charge in [0.15, 0.2) is 0 Å². The maximum atomic E-state index is 13.0. The SMILES string of the molecule is O=C(c1ccc(C(F)(F)F)cc1)N(Cc1ccc(F)cc1)C1CC1. The summed E-state index contributed by atoms with van der Waals surface area (Å²) in [7, 11) is 0. The van der Waals surface area contributed by atoms with E-state index in [0.29, 0.717) is 6.54 Å². The third kappa shape index (κ3) is 3.75. The van der Waals surface area contributed by atoms with Crippen LogP contribution in [0.25, 0.3) is 0 Å². The lowest BCUT2D eigenvalue weighted by Gasteiger charge is -2.23. The first-order valence-electron chi connectivity index (χ1n) is 7.57. The number of rotatable bonds is 4. The number of nitrogens with zero attached hydrogens (tertiary/aromatic N) is 1. The summed E-state index contributed by atoms with van der Waals surface area (Å²) in [6.07, 6.45) is -2.69. The number of carbonyl (C=O) groups is 1. The Kier molecular flexibility index (Phi) is 4.30. The molecule has 0 atom stereocenters. The second kappa shape index (κ2) is 6.26. The van der Waals surface area contributed by atoms with Gasteiger partial charge in [-0.3, -0.25) is 4.79 Å². The molecule has 2 aromatic rings. The van der Waals surface area contributed by atoms with Crippen LogP contribution in [0.3, 0.4) is 0 Å². The van der Waals surface area contributed by atoms with Gasteiger partial charge in [-0.05, 0) is 54.8 Å². The highest BCUT2D eigenvalue weighted by molar-refractivity contribution is 5.94. The van der Waals surface area contributed by atoms with Crippen LogP contribution in [0.1, 0.15) is 34.3 Å². The van der Waals surface area contributed by atoms with Crippen LogP contribution in [0.5, 0.6) is 0 Å². The van der Waals surface area contributed by atoms with E-state index in [1.165, 1.54) is 24.3 Å². The molecule has 2 nitrogen and oxygen atoms in total. The first-order valence-corrected chi connectivity index (χ1v) is 7.57. The quantitative estimate of drug-likeness (QED) is 0.744. The summed E-state index contributed by atoms with van der Waals surface area (Å²) in [4.78, 5) is 14.3. The second-order valence-electron chi connectivity index (χ2n) is 5.87. The zero-order valence-corrected chi connectivity index (χ0v) is 12.7. The zero-order valence-electron chi connectivity index (χ0n) is 12.7. The monoisotopic (exact) mass is 337 g/mol. The van der Waals surface area contributed by atoms with Gasteiger partial charge in [0.2, 0.25) is 0 Å². The van der Waals surface area contributed by atoms with Crippen molar-refractivity contribution in [3.8, 4) is 0 Å². The van der Waals surface area contributed by atoms with E-state index in [0.717, 1.165) is 30.5 Å². The van der Waals surface area contributed by atoms with Crippen molar-refractivity contribution in [3.63, 3.8) is 0 Å². The van der Waals surface area contributed by atoms with Gasteiger partial charge >= 0.3 is 6.18 Å². The van der Waals surface area contributed by atoms with E-state index in [2.05, 4.69) is 0 Å². The van der Waals surface area contributed by atoms with Crippen LogP contribution >= 0.6 is 0 Å². The van der Waals surface area contributed by atoms with E-state index in [-0.39, 0.29) is 23.3 Å². The molecular weight excluding hydrogens is 322 g/mol. The number of alkyl halides is 3. The minimum Gasteiger partial charge on any atom is -0.331 e. The van der Waals surface area contributed by atoms with E-state index in [4.69, 9.17) is 0 Å². The first kappa shape index (κ1) is 16.5. The maximum absolute atomic E-state index is 13.0. The number of amides is 1. The van der Waals surface area contributed by atoms with Gasteiger partial charge < -0.3 is 4.90 Å². The molecule has 2 aromatic carbocycles. The van der Waals surface area contributed by atoms with Crippen LogP contribution in [0.4, 0.5) is 17.6 Å². The van der Waals surface area contributed by atoms with Crippen LogP contribution in [-0.2, 0) is 12.7 Å². The average Bonchev–Trinajstić information content (AvgIpc) is 3.38. The first-order chi connectivity index (χ1) is 11.3. The summed E-state index contributed by atoms with van der Waals surface area (Å²) in [6, 6.07) is 10.2. The van der Waals surface area contributed by atoms with Crippen LogP contribution in [0.15, 0.2) is 48.5 Å². The van der Waals surface area contributed by atoms with Gasteiger partial charge in [-0.1, -0.05) is 12.1 Å². The van der Waals surface area contributed by atoms with E-state index in [1.54, 1.807) is 17.0 Å². The Morgan fingerprint density at radius 3 is 2.08 bits per heavy atom. The van der Waals surface area contributed by atoms with Gasteiger partial charge in [0.25, 0.3) is 5.91 Å². The maximum Gasteiger partial charge on any atom is 0.416 e. The molecule has 0 unspecified atom stereocenters. The predicted octanol–water partition coefficient (Wildman–Crippen LogP) is 4.65. The van der Waals surface area contributed by atoms with Gasteiger partial charge in [0.1, 0.15) is 5.82 Å². The normalized spacial score (nSPS) is 14.5. The Morgan fingerprint density at radius 1 is 1.00 bits per heavy atom. The van der Waals surface area contributed by atoms with Crippen LogP contribution in [0, 0.1) is 5.82 Å². The number of halogens is 4. The van der Waals surface area contributed by atoms with Crippen LogP contribution < -0.4 is 0 Å².